The fraction of sp³-hybridized carbons (Fsp3) is 0.364. The van der Waals surface area contributed by atoms with Crippen molar-refractivity contribution >= 4 is 11.1 Å². The zero-order valence-corrected chi connectivity index (χ0v) is 9.69. The zero-order chi connectivity index (χ0) is 13.1. The number of azide groups is 1. The van der Waals surface area contributed by atoms with Gasteiger partial charge in [-0.25, -0.2) is 4.98 Å². The van der Waals surface area contributed by atoms with Crippen LogP contribution in [-0.2, 0) is 0 Å². The summed E-state index contributed by atoms with van der Waals surface area (Å²) in [5.41, 5.74) is 9.88. The lowest BCUT2D eigenvalue weighted by atomic mass is 10.0. The molecule has 7 nitrogen and oxygen atoms in total. The maximum absolute atomic E-state index is 9.89. The predicted molar refractivity (Wildman–Crippen MR) is 63.7 cm³/mol. The molecule has 2 rings (SSSR count). The van der Waals surface area contributed by atoms with Gasteiger partial charge < -0.3 is 14.6 Å². The first kappa shape index (κ1) is 12.4. The molecule has 0 amide bonds. The number of aliphatic hydroxyl groups is 2. The number of aromatic nitrogens is 1. The van der Waals surface area contributed by atoms with Gasteiger partial charge in [-0.15, -0.1) is 0 Å². The van der Waals surface area contributed by atoms with Crippen LogP contribution in [0.25, 0.3) is 21.5 Å². The summed E-state index contributed by atoms with van der Waals surface area (Å²) in [5, 5.41) is 22.7. The number of rotatable bonds is 4. The number of aliphatic hydroxyl groups excluding tert-OH is 2. The Hall–Kier alpha value is -2.08. The van der Waals surface area contributed by atoms with Crippen molar-refractivity contribution in [3.63, 3.8) is 0 Å². The van der Waals surface area contributed by atoms with Gasteiger partial charge in [0.25, 0.3) is 0 Å². The summed E-state index contributed by atoms with van der Waals surface area (Å²) in [4.78, 5) is 6.67. The molecule has 1 aromatic heterocycles. The number of nitrogens with zero attached hydrogens (tertiary/aromatic N) is 4. The van der Waals surface area contributed by atoms with Crippen molar-refractivity contribution in [3.8, 4) is 0 Å². The van der Waals surface area contributed by atoms with E-state index >= 15 is 0 Å². The molecule has 0 saturated carbocycles. The van der Waals surface area contributed by atoms with Gasteiger partial charge in [0.05, 0.1) is 12.6 Å². The van der Waals surface area contributed by atoms with E-state index in [1.54, 1.807) is 25.1 Å². The van der Waals surface area contributed by atoms with Gasteiger partial charge in [0.2, 0.25) is 0 Å². The van der Waals surface area contributed by atoms with Crippen molar-refractivity contribution < 1.29 is 14.6 Å². The summed E-state index contributed by atoms with van der Waals surface area (Å²) in [5.74, 6) is 0.534. The predicted octanol–water partition coefficient (Wildman–Crippen LogP) is 1.84. The molecule has 0 aliphatic carbocycles. The number of fused-ring (bicyclic) bond motifs is 1. The minimum Gasteiger partial charge on any atom is -0.441 e. The lowest BCUT2D eigenvalue weighted by Crippen LogP contribution is -2.21. The van der Waals surface area contributed by atoms with E-state index in [1.165, 1.54) is 0 Å². The molecule has 0 bridgehead atoms. The van der Waals surface area contributed by atoms with Gasteiger partial charge in [0.1, 0.15) is 11.6 Å². The monoisotopic (exact) mass is 248 g/mol. The molecule has 0 aliphatic rings. The largest absolute Gasteiger partial charge is 0.441 e. The SMILES string of the molecule is Cc1nc2cc(C(O)C(O)CN=[N+]=[N-])ccc2o1. The second-order valence-corrected chi connectivity index (χ2v) is 3.89. The minimum atomic E-state index is -1.15. The second-order valence-electron chi connectivity index (χ2n) is 3.89. The molecule has 18 heavy (non-hydrogen) atoms. The molecule has 7 heteroatoms. The van der Waals surface area contributed by atoms with Gasteiger partial charge >= 0.3 is 0 Å². The summed E-state index contributed by atoms with van der Waals surface area (Å²) in [6.07, 6.45) is -2.27. The van der Waals surface area contributed by atoms with E-state index in [0.717, 1.165) is 0 Å². The summed E-state index contributed by atoms with van der Waals surface area (Å²) in [6.45, 7) is 1.54. The van der Waals surface area contributed by atoms with Crippen molar-refractivity contribution in [3.05, 3.63) is 40.1 Å². The van der Waals surface area contributed by atoms with E-state index in [0.29, 0.717) is 22.6 Å². The Kier molecular flexibility index (Phi) is 3.47. The van der Waals surface area contributed by atoms with Crippen LogP contribution in [0.4, 0.5) is 0 Å². The number of oxazole rings is 1. The standard InChI is InChI=1S/C11H12N4O3/c1-6-14-8-4-7(2-3-10(8)18-6)11(17)9(16)5-13-15-12/h2-4,9,11,16-17H,5H2,1H3. The lowest BCUT2D eigenvalue weighted by molar-refractivity contribution is 0.0245. The molecule has 2 N–H and O–H groups in total. The number of hydrogen-bond donors (Lipinski definition) is 2. The van der Waals surface area contributed by atoms with Gasteiger partial charge in [-0.1, -0.05) is 11.2 Å². The van der Waals surface area contributed by atoms with Gasteiger partial charge in [-0.3, -0.25) is 0 Å². The van der Waals surface area contributed by atoms with Crippen LogP contribution in [0, 0.1) is 6.92 Å². The average molecular weight is 248 g/mol. The maximum Gasteiger partial charge on any atom is 0.192 e. The molecule has 0 spiro atoms. The molecule has 0 saturated heterocycles. The Labute approximate surface area is 102 Å². The smallest absolute Gasteiger partial charge is 0.192 e. The minimum absolute atomic E-state index is 0.187. The highest BCUT2D eigenvalue weighted by Gasteiger charge is 2.18. The van der Waals surface area contributed by atoms with Crippen LogP contribution < -0.4 is 0 Å². The van der Waals surface area contributed by atoms with Crippen molar-refractivity contribution in [2.75, 3.05) is 6.54 Å². The quantitative estimate of drug-likeness (QED) is 0.487. The van der Waals surface area contributed by atoms with Crippen molar-refractivity contribution in [2.45, 2.75) is 19.1 Å². The van der Waals surface area contributed by atoms with E-state index in [2.05, 4.69) is 15.0 Å². The molecule has 94 valence electrons. The topological polar surface area (TPSA) is 115 Å². The van der Waals surface area contributed by atoms with E-state index in [4.69, 9.17) is 9.95 Å². The normalized spacial score (nSPS) is 14.2. The first-order chi connectivity index (χ1) is 8.61. The summed E-state index contributed by atoms with van der Waals surface area (Å²) in [7, 11) is 0. The highest BCUT2D eigenvalue weighted by molar-refractivity contribution is 5.73. The van der Waals surface area contributed by atoms with E-state index in [-0.39, 0.29) is 6.54 Å². The third-order valence-corrected chi connectivity index (χ3v) is 2.56. The Morgan fingerprint density at radius 3 is 3.00 bits per heavy atom. The molecular weight excluding hydrogens is 236 g/mol. The van der Waals surface area contributed by atoms with Crippen molar-refractivity contribution in [1.82, 2.24) is 4.98 Å². The maximum atomic E-state index is 9.89. The van der Waals surface area contributed by atoms with E-state index in [9.17, 15) is 10.2 Å². The van der Waals surface area contributed by atoms with E-state index < -0.39 is 12.2 Å². The van der Waals surface area contributed by atoms with Crippen LogP contribution in [0.5, 0.6) is 0 Å². The first-order valence-corrected chi connectivity index (χ1v) is 5.36. The molecule has 0 radical (unpaired) electrons. The third-order valence-electron chi connectivity index (χ3n) is 2.56. The highest BCUT2D eigenvalue weighted by Crippen LogP contribution is 2.23. The Balaban J connectivity index is 2.26. The molecular formula is C11H12N4O3. The molecule has 2 atom stereocenters. The van der Waals surface area contributed by atoms with Crippen LogP contribution >= 0.6 is 0 Å². The van der Waals surface area contributed by atoms with Gasteiger partial charge in [-0.05, 0) is 23.2 Å². The van der Waals surface area contributed by atoms with Crippen LogP contribution in [0.15, 0.2) is 27.7 Å². The number of hydrogen-bond acceptors (Lipinski definition) is 5. The molecule has 2 unspecified atom stereocenters. The second kappa shape index (κ2) is 5.05. The number of aryl methyl sites for hydroxylation is 1. The summed E-state index contributed by atoms with van der Waals surface area (Å²) in [6, 6.07) is 4.95. The third kappa shape index (κ3) is 2.43. The van der Waals surface area contributed by atoms with Gasteiger partial charge in [-0.2, -0.15) is 0 Å². The van der Waals surface area contributed by atoms with Crippen molar-refractivity contribution in [1.29, 1.82) is 0 Å². The van der Waals surface area contributed by atoms with Crippen LogP contribution in [0.2, 0.25) is 0 Å². The molecule has 1 heterocycles. The molecule has 0 fully saturated rings. The molecule has 2 aromatic rings. The van der Waals surface area contributed by atoms with Gasteiger partial charge in [0, 0.05) is 11.8 Å². The molecule has 0 aliphatic heterocycles. The number of benzene rings is 1. The zero-order valence-electron chi connectivity index (χ0n) is 9.69. The fourth-order valence-electron chi connectivity index (χ4n) is 1.69. The average Bonchev–Trinajstić information content (AvgIpc) is 2.73. The lowest BCUT2D eigenvalue weighted by Gasteiger charge is -2.15. The molecule has 1 aromatic carbocycles. The van der Waals surface area contributed by atoms with Crippen molar-refractivity contribution in [2.24, 2.45) is 5.11 Å². The van der Waals surface area contributed by atoms with Crippen LogP contribution in [-0.4, -0.2) is 27.8 Å². The fourth-order valence-corrected chi connectivity index (χ4v) is 1.69. The summed E-state index contributed by atoms with van der Waals surface area (Å²) < 4.78 is 5.31. The highest BCUT2D eigenvalue weighted by atomic mass is 16.3. The Morgan fingerprint density at radius 1 is 1.50 bits per heavy atom. The van der Waals surface area contributed by atoms with Crippen LogP contribution in [0.1, 0.15) is 17.6 Å². The van der Waals surface area contributed by atoms with Crippen LogP contribution in [0.3, 0.4) is 0 Å². The summed E-state index contributed by atoms with van der Waals surface area (Å²) >= 11 is 0. The Bertz CT molecular complexity index is 603. The Morgan fingerprint density at radius 2 is 2.28 bits per heavy atom. The van der Waals surface area contributed by atoms with Gasteiger partial charge in [0.15, 0.2) is 11.5 Å². The van der Waals surface area contributed by atoms with E-state index in [1.807, 2.05) is 0 Å². The first-order valence-electron chi connectivity index (χ1n) is 5.36.